The number of carbonyl (C=O) groups is 2. The van der Waals surface area contributed by atoms with Gasteiger partial charge in [-0.25, -0.2) is 14.6 Å². The predicted octanol–water partition coefficient (Wildman–Crippen LogP) is 3.54. The number of carboxylic acids is 1. The molecule has 2 aromatic rings. The third-order valence-electron chi connectivity index (χ3n) is 2.80. The molecular formula is C15H16N2O4S. The number of carboxylic acid groups (broad SMARTS) is 1. The van der Waals surface area contributed by atoms with Crippen LogP contribution in [0.2, 0.25) is 0 Å². The number of thiazole rings is 1. The molecule has 1 aromatic carbocycles. The highest BCUT2D eigenvalue weighted by molar-refractivity contribution is 7.17. The predicted molar refractivity (Wildman–Crippen MR) is 83.3 cm³/mol. The van der Waals surface area contributed by atoms with Gasteiger partial charge in [-0.15, -0.1) is 0 Å². The molecule has 1 aromatic heterocycles. The zero-order valence-corrected chi connectivity index (χ0v) is 12.9. The molecule has 0 atom stereocenters. The largest absolute Gasteiger partial charge is 0.477 e. The monoisotopic (exact) mass is 320 g/mol. The number of benzene rings is 1. The smallest absolute Gasteiger partial charge is 0.413 e. The number of amides is 1. The zero-order chi connectivity index (χ0) is 15.9. The van der Waals surface area contributed by atoms with E-state index in [9.17, 15) is 9.59 Å². The Hall–Kier alpha value is -2.41. The summed E-state index contributed by atoms with van der Waals surface area (Å²) < 4.78 is 5.07. The van der Waals surface area contributed by atoms with E-state index < -0.39 is 12.1 Å². The minimum Gasteiger partial charge on any atom is -0.477 e. The highest BCUT2D eigenvalue weighted by Gasteiger charge is 2.18. The number of hydrogen-bond acceptors (Lipinski definition) is 5. The molecule has 0 spiro atoms. The van der Waals surface area contributed by atoms with Gasteiger partial charge in [0.25, 0.3) is 0 Å². The van der Waals surface area contributed by atoms with E-state index in [4.69, 9.17) is 9.84 Å². The molecule has 0 aliphatic heterocycles. The van der Waals surface area contributed by atoms with Crippen molar-refractivity contribution in [3.8, 4) is 0 Å². The lowest BCUT2D eigenvalue weighted by Crippen LogP contribution is -2.13. The van der Waals surface area contributed by atoms with Gasteiger partial charge in [0, 0.05) is 0 Å². The van der Waals surface area contributed by atoms with Crippen molar-refractivity contribution in [3.05, 3.63) is 46.5 Å². The van der Waals surface area contributed by atoms with Crippen LogP contribution >= 0.6 is 11.3 Å². The molecule has 0 aliphatic carbocycles. The molecule has 1 amide bonds. The van der Waals surface area contributed by atoms with Crippen LogP contribution in [-0.2, 0) is 17.8 Å². The molecule has 0 radical (unpaired) electrons. The first-order valence-corrected chi connectivity index (χ1v) is 7.62. The third kappa shape index (κ3) is 4.29. The van der Waals surface area contributed by atoms with E-state index in [1.54, 1.807) is 0 Å². The van der Waals surface area contributed by atoms with E-state index in [0.29, 0.717) is 12.1 Å². The van der Waals surface area contributed by atoms with Crippen LogP contribution in [0.15, 0.2) is 30.3 Å². The normalized spacial score (nSPS) is 10.2. The lowest BCUT2D eigenvalue weighted by molar-refractivity contribution is 0.0700. The highest BCUT2D eigenvalue weighted by Crippen LogP contribution is 2.24. The standard InChI is InChI=1S/C15H16N2O4S/c1-2-6-11-12(13(18)19)22-14(16-11)17-15(20)21-9-10-7-4-3-5-8-10/h3-5,7-8H,2,6,9H2,1H3,(H,18,19)(H,16,17,20). The van der Waals surface area contributed by atoms with Gasteiger partial charge in [-0.05, 0) is 12.0 Å². The molecule has 6 nitrogen and oxygen atoms in total. The lowest BCUT2D eigenvalue weighted by atomic mass is 10.2. The summed E-state index contributed by atoms with van der Waals surface area (Å²) >= 11 is 0.935. The number of anilines is 1. The first-order chi connectivity index (χ1) is 10.6. The number of carbonyl (C=O) groups excluding carboxylic acids is 1. The molecule has 0 unspecified atom stereocenters. The fourth-order valence-electron chi connectivity index (χ4n) is 1.83. The van der Waals surface area contributed by atoms with E-state index in [1.807, 2.05) is 37.3 Å². The van der Waals surface area contributed by atoms with Gasteiger partial charge < -0.3 is 9.84 Å². The van der Waals surface area contributed by atoms with Gasteiger partial charge in [-0.1, -0.05) is 55.0 Å². The number of hydrogen-bond donors (Lipinski definition) is 2. The van der Waals surface area contributed by atoms with Crippen molar-refractivity contribution in [1.29, 1.82) is 0 Å². The summed E-state index contributed by atoms with van der Waals surface area (Å²) in [6.07, 6.45) is 0.679. The number of ether oxygens (including phenoxy) is 1. The molecule has 7 heteroatoms. The van der Waals surface area contributed by atoms with Crippen LogP contribution in [0.5, 0.6) is 0 Å². The second-order valence-electron chi connectivity index (χ2n) is 4.54. The highest BCUT2D eigenvalue weighted by atomic mass is 32.1. The molecule has 0 saturated heterocycles. The summed E-state index contributed by atoms with van der Waals surface area (Å²) in [7, 11) is 0. The van der Waals surface area contributed by atoms with Gasteiger partial charge in [0.1, 0.15) is 11.5 Å². The van der Waals surface area contributed by atoms with Crippen molar-refractivity contribution in [1.82, 2.24) is 4.98 Å². The second-order valence-corrected chi connectivity index (χ2v) is 5.54. The maximum Gasteiger partial charge on any atom is 0.413 e. The van der Waals surface area contributed by atoms with Crippen LogP contribution in [0.3, 0.4) is 0 Å². The summed E-state index contributed by atoms with van der Waals surface area (Å²) in [5.74, 6) is -1.04. The summed E-state index contributed by atoms with van der Waals surface area (Å²) in [5.41, 5.74) is 1.35. The van der Waals surface area contributed by atoms with Crippen LogP contribution in [-0.4, -0.2) is 22.2 Å². The van der Waals surface area contributed by atoms with Crippen LogP contribution in [0.25, 0.3) is 0 Å². The Morgan fingerprint density at radius 1 is 1.32 bits per heavy atom. The molecule has 0 fully saturated rings. The van der Waals surface area contributed by atoms with Crippen LogP contribution in [0.4, 0.5) is 9.93 Å². The quantitative estimate of drug-likeness (QED) is 0.850. The van der Waals surface area contributed by atoms with Gasteiger partial charge in [-0.3, -0.25) is 5.32 Å². The van der Waals surface area contributed by atoms with Gasteiger partial charge in [-0.2, -0.15) is 0 Å². The van der Waals surface area contributed by atoms with Crippen LogP contribution in [0.1, 0.15) is 34.3 Å². The molecule has 2 N–H and O–H groups in total. The number of rotatable bonds is 6. The molecule has 0 aliphatic rings. The Balaban J connectivity index is 1.96. The number of nitrogens with zero attached hydrogens (tertiary/aromatic N) is 1. The molecular weight excluding hydrogens is 304 g/mol. The number of nitrogens with one attached hydrogen (secondary N) is 1. The first-order valence-electron chi connectivity index (χ1n) is 6.81. The number of aromatic nitrogens is 1. The van der Waals surface area contributed by atoms with E-state index in [2.05, 4.69) is 10.3 Å². The second kappa shape index (κ2) is 7.56. The van der Waals surface area contributed by atoms with Crippen molar-refractivity contribution in [2.24, 2.45) is 0 Å². The molecule has 2 rings (SSSR count). The Bertz CT molecular complexity index is 655. The Morgan fingerprint density at radius 3 is 2.68 bits per heavy atom. The first kappa shape index (κ1) is 16.0. The van der Waals surface area contributed by atoms with Gasteiger partial charge in [0.15, 0.2) is 5.13 Å². The minimum atomic E-state index is -1.04. The SMILES string of the molecule is CCCc1nc(NC(=O)OCc2ccccc2)sc1C(=O)O. The molecule has 0 saturated carbocycles. The van der Waals surface area contributed by atoms with Crippen molar-refractivity contribution in [2.75, 3.05) is 5.32 Å². The van der Waals surface area contributed by atoms with Crippen LogP contribution < -0.4 is 5.32 Å². The lowest BCUT2D eigenvalue weighted by Gasteiger charge is -2.04. The third-order valence-corrected chi connectivity index (χ3v) is 3.80. The number of aryl methyl sites for hydroxylation is 1. The van der Waals surface area contributed by atoms with Crippen molar-refractivity contribution >= 4 is 28.5 Å². The topological polar surface area (TPSA) is 88.5 Å². The van der Waals surface area contributed by atoms with Gasteiger partial charge in [0.05, 0.1) is 5.69 Å². The molecule has 116 valence electrons. The summed E-state index contributed by atoms with van der Waals surface area (Å²) in [5, 5.41) is 11.8. The Morgan fingerprint density at radius 2 is 2.05 bits per heavy atom. The van der Waals surface area contributed by atoms with Gasteiger partial charge >= 0.3 is 12.1 Å². The van der Waals surface area contributed by atoms with E-state index in [1.165, 1.54) is 0 Å². The Kier molecular flexibility index (Phi) is 5.48. The Labute approximate surface area is 131 Å². The average Bonchev–Trinajstić information content (AvgIpc) is 2.89. The van der Waals surface area contributed by atoms with Crippen molar-refractivity contribution in [2.45, 2.75) is 26.4 Å². The van der Waals surface area contributed by atoms with E-state index in [-0.39, 0.29) is 16.6 Å². The molecule has 22 heavy (non-hydrogen) atoms. The van der Waals surface area contributed by atoms with E-state index in [0.717, 1.165) is 23.3 Å². The minimum absolute atomic E-state index is 0.144. The molecule has 0 bridgehead atoms. The zero-order valence-electron chi connectivity index (χ0n) is 12.0. The maximum atomic E-state index is 11.7. The van der Waals surface area contributed by atoms with Crippen LogP contribution in [0, 0.1) is 0 Å². The fraction of sp³-hybridized carbons (Fsp3) is 0.267. The summed E-state index contributed by atoms with van der Waals surface area (Å²) in [6.45, 7) is 2.08. The average molecular weight is 320 g/mol. The van der Waals surface area contributed by atoms with Gasteiger partial charge in [0.2, 0.25) is 0 Å². The van der Waals surface area contributed by atoms with E-state index >= 15 is 0 Å². The fourth-order valence-corrected chi connectivity index (χ4v) is 2.66. The number of aromatic carboxylic acids is 1. The van der Waals surface area contributed by atoms with Crippen molar-refractivity contribution < 1.29 is 19.4 Å². The van der Waals surface area contributed by atoms with Crippen molar-refractivity contribution in [3.63, 3.8) is 0 Å². The molecule has 1 heterocycles. The summed E-state index contributed by atoms with van der Waals surface area (Å²) in [6, 6.07) is 9.28. The summed E-state index contributed by atoms with van der Waals surface area (Å²) in [4.78, 5) is 27.1. The maximum absolute atomic E-state index is 11.7.